The number of hydrogen-bond acceptors (Lipinski definition) is 3. The van der Waals surface area contributed by atoms with Crippen molar-refractivity contribution in [2.24, 2.45) is 11.1 Å². The molecule has 142 valence electrons. The lowest BCUT2D eigenvalue weighted by molar-refractivity contribution is -0.137. The molecule has 2 atom stereocenters. The summed E-state index contributed by atoms with van der Waals surface area (Å²) in [5.74, 6) is 0.226. The average Bonchev–Trinajstić information content (AvgIpc) is 3.08. The Bertz CT molecular complexity index is 868. The van der Waals surface area contributed by atoms with Crippen molar-refractivity contribution in [2.75, 3.05) is 11.4 Å². The molecule has 0 radical (unpaired) electrons. The first-order chi connectivity index (χ1) is 12.9. The van der Waals surface area contributed by atoms with E-state index in [1.54, 1.807) is 6.07 Å². The molecule has 2 aromatic rings. The Hall–Kier alpha value is -2.02. The summed E-state index contributed by atoms with van der Waals surface area (Å²) in [5.41, 5.74) is 2.29. The Morgan fingerprint density at radius 3 is 2.67 bits per heavy atom. The Balaban J connectivity index is 1.59. The maximum Gasteiger partial charge on any atom is 0.416 e. The molecule has 0 bridgehead atoms. The summed E-state index contributed by atoms with van der Waals surface area (Å²) >= 11 is 3.38. The van der Waals surface area contributed by atoms with Crippen molar-refractivity contribution in [2.45, 2.75) is 31.7 Å². The minimum atomic E-state index is -4.33. The van der Waals surface area contributed by atoms with Gasteiger partial charge in [0.2, 0.25) is 0 Å². The molecule has 27 heavy (non-hydrogen) atoms. The normalized spacial score (nSPS) is 22.2. The highest BCUT2D eigenvalue weighted by molar-refractivity contribution is 9.18. The minimum absolute atomic E-state index is 0.0169. The van der Waals surface area contributed by atoms with E-state index in [1.807, 2.05) is 18.2 Å². The standard InChI is InChI=1S/C20H18BrF3N2O/c21-19-10-18(27-25-19)15-9-14-5-1-2-7-17(14)26(12-15)11-13-4-3-6-16(8-13)20(22,23)24/h1-8,15,18H,9-12H2/t15-,18?/m1/s1. The van der Waals surface area contributed by atoms with Gasteiger partial charge in [0.15, 0.2) is 0 Å². The van der Waals surface area contributed by atoms with Crippen LogP contribution in [0.15, 0.2) is 53.7 Å². The van der Waals surface area contributed by atoms with E-state index in [1.165, 1.54) is 17.7 Å². The van der Waals surface area contributed by atoms with Crippen molar-refractivity contribution in [1.29, 1.82) is 0 Å². The molecule has 7 heteroatoms. The highest BCUT2D eigenvalue weighted by atomic mass is 79.9. The van der Waals surface area contributed by atoms with Gasteiger partial charge in [-0.25, -0.2) is 0 Å². The lowest BCUT2D eigenvalue weighted by Gasteiger charge is -2.37. The summed E-state index contributed by atoms with van der Waals surface area (Å²) in [6, 6.07) is 13.6. The fourth-order valence-corrected chi connectivity index (χ4v) is 4.21. The summed E-state index contributed by atoms with van der Waals surface area (Å²) in [6.07, 6.45) is -2.75. The lowest BCUT2D eigenvalue weighted by Crippen LogP contribution is -2.40. The molecule has 2 heterocycles. The SMILES string of the molecule is FC(F)(F)c1cccc(CN2C[C@H](C3CC(Br)=NO3)Cc3ccccc32)c1. The quantitative estimate of drug-likeness (QED) is 0.642. The number of halogens is 4. The van der Waals surface area contributed by atoms with Crippen LogP contribution in [0.1, 0.15) is 23.1 Å². The highest BCUT2D eigenvalue weighted by Gasteiger charge is 2.35. The minimum Gasteiger partial charge on any atom is -0.391 e. The first-order valence-electron chi connectivity index (χ1n) is 8.77. The van der Waals surface area contributed by atoms with Crippen LogP contribution < -0.4 is 4.90 Å². The molecule has 2 aromatic carbocycles. The molecule has 0 N–H and O–H groups in total. The first kappa shape index (κ1) is 18.3. The van der Waals surface area contributed by atoms with Crippen LogP contribution in [-0.4, -0.2) is 17.3 Å². The second-order valence-corrected chi connectivity index (χ2v) is 7.90. The van der Waals surface area contributed by atoms with Gasteiger partial charge in [-0.05, 0) is 51.7 Å². The van der Waals surface area contributed by atoms with Crippen LogP contribution in [-0.2, 0) is 24.0 Å². The van der Waals surface area contributed by atoms with E-state index in [2.05, 4.69) is 32.1 Å². The number of fused-ring (bicyclic) bond motifs is 1. The number of hydrogen-bond donors (Lipinski definition) is 0. The van der Waals surface area contributed by atoms with Gasteiger partial charge in [-0.1, -0.05) is 35.5 Å². The van der Waals surface area contributed by atoms with Crippen molar-refractivity contribution < 1.29 is 18.0 Å². The zero-order valence-electron chi connectivity index (χ0n) is 14.4. The number of oxime groups is 1. The smallest absolute Gasteiger partial charge is 0.391 e. The summed E-state index contributed by atoms with van der Waals surface area (Å²) in [6.45, 7) is 1.14. The number of benzene rings is 2. The number of rotatable bonds is 3. The van der Waals surface area contributed by atoms with E-state index in [0.29, 0.717) is 18.7 Å². The maximum absolute atomic E-state index is 13.0. The Morgan fingerprint density at radius 2 is 1.93 bits per heavy atom. The molecule has 0 spiro atoms. The molecule has 0 aromatic heterocycles. The van der Waals surface area contributed by atoms with Crippen LogP contribution in [0, 0.1) is 5.92 Å². The van der Waals surface area contributed by atoms with E-state index < -0.39 is 11.7 Å². The van der Waals surface area contributed by atoms with E-state index in [0.717, 1.165) is 29.2 Å². The van der Waals surface area contributed by atoms with Crippen molar-refractivity contribution in [1.82, 2.24) is 0 Å². The predicted molar refractivity (Wildman–Crippen MR) is 102 cm³/mol. The van der Waals surface area contributed by atoms with E-state index >= 15 is 0 Å². The molecule has 0 saturated carbocycles. The second kappa shape index (κ2) is 7.19. The van der Waals surface area contributed by atoms with Crippen LogP contribution in [0.4, 0.5) is 18.9 Å². The van der Waals surface area contributed by atoms with Gasteiger partial charge >= 0.3 is 6.18 Å². The van der Waals surface area contributed by atoms with Gasteiger partial charge in [-0.3, -0.25) is 0 Å². The lowest BCUT2D eigenvalue weighted by atomic mass is 9.87. The molecule has 4 rings (SSSR count). The summed E-state index contributed by atoms with van der Waals surface area (Å²) in [7, 11) is 0. The Kier molecular flexibility index (Phi) is 4.88. The summed E-state index contributed by atoms with van der Waals surface area (Å²) < 4.78 is 39.9. The molecular formula is C20H18BrF3N2O. The zero-order chi connectivity index (χ0) is 19.0. The molecule has 2 aliphatic rings. The van der Waals surface area contributed by atoms with Crippen LogP contribution in [0.2, 0.25) is 0 Å². The molecular weight excluding hydrogens is 421 g/mol. The van der Waals surface area contributed by atoms with Crippen molar-refractivity contribution in [3.63, 3.8) is 0 Å². The maximum atomic E-state index is 13.0. The third-order valence-corrected chi connectivity index (χ3v) is 5.55. The van der Waals surface area contributed by atoms with Gasteiger partial charge in [0.25, 0.3) is 0 Å². The molecule has 1 unspecified atom stereocenters. The largest absolute Gasteiger partial charge is 0.416 e. The molecule has 0 fully saturated rings. The van der Waals surface area contributed by atoms with E-state index in [4.69, 9.17) is 4.84 Å². The molecule has 3 nitrogen and oxygen atoms in total. The monoisotopic (exact) mass is 438 g/mol. The number of anilines is 1. The van der Waals surface area contributed by atoms with Gasteiger partial charge < -0.3 is 9.74 Å². The fraction of sp³-hybridized carbons (Fsp3) is 0.350. The zero-order valence-corrected chi connectivity index (χ0v) is 16.0. The molecule has 2 aliphatic heterocycles. The fourth-order valence-electron chi connectivity index (χ4n) is 3.80. The van der Waals surface area contributed by atoms with Crippen LogP contribution in [0.25, 0.3) is 0 Å². The van der Waals surface area contributed by atoms with Crippen molar-refractivity contribution >= 4 is 26.2 Å². The highest BCUT2D eigenvalue weighted by Crippen LogP contribution is 2.36. The van der Waals surface area contributed by atoms with Crippen LogP contribution in [0.5, 0.6) is 0 Å². The van der Waals surface area contributed by atoms with E-state index in [-0.39, 0.29) is 12.0 Å². The van der Waals surface area contributed by atoms with Gasteiger partial charge in [-0.15, -0.1) is 0 Å². The van der Waals surface area contributed by atoms with Crippen LogP contribution in [0.3, 0.4) is 0 Å². The Morgan fingerprint density at radius 1 is 1.11 bits per heavy atom. The topological polar surface area (TPSA) is 24.8 Å². The number of alkyl halides is 3. The van der Waals surface area contributed by atoms with Crippen LogP contribution >= 0.6 is 15.9 Å². The van der Waals surface area contributed by atoms with Crippen molar-refractivity contribution in [3.8, 4) is 0 Å². The van der Waals surface area contributed by atoms with Gasteiger partial charge in [0.1, 0.15) is 10.7 Å². The van der Waals surface area contributed by atoms with Crippen molar-refractivity contribution in [3.05, 3.63) is 65.2 Å². The number of nitrogens with zero attached hydrogens (tertiary/aromatic N) is 2. The number of para-hydroxylation sites is 1. The third-order valence-electron chi connectivity index (χ3n) is 5.08. The van der Waals surface area contributed by atoms with Gasteiger partial charge in [-0.2, -0.15) is 13.2 Å². The second-order valence-electron chi connectivity index (χ2n) is 6.99. The molecule has 0 aliphatic carbocycles. The van der Waals surface area contributed by atoms with Gasteiger partial charge in [0, 0.05) is 31.1 Å². The average molecular weight is 439 g/mol. The third kappa shape index (κ3) is 3.98. The molecule has 0 amide bonds. The van der Waals surface area contributed by atoms with E-state index in [9.17, 15) is 13.2 Å². The first-order valence-corrected chi connectivity index (χ1v) is 9.56. The Labute approximate surface area is 163 Å². The predicted octanol–water partition coefficient (Wildman–Crippen LogP) is 5.38. The summed E-state index contributed by atoms with van der Waals surface area (Å²) in [5, 5.41) is 3.99. The summed E-state index contributed by atoms with van der Waals surface area (Å²) in [4.78, 5) is 7.70. The van der Waals surface area contributed by atoms with Gasteiger partial charge in [0.05, 0.1) is 5.56 Å². The molecule has 0 saturated heterocycles.